The van der Waals surface area contributed by atoms with Gasteiger partial charge in [0, 0.05) is 6.07 Å². The van der Waals surface area contributed by atoms with E-state index in [2.05, 4.69) is 5.32 Å². The molecule has 0 unspecified atom stereocenters. The molecule has 0 radical (unpaired) electrons. The molecule has 2 rings (SSSR count). The van der Waals surface area contributed by atoms with Crippen LogP contribution in [0.1, 0.15) is 32.1 Å². The number of carbonyl (C=O) groups excluding carboxylic acids is 1. The summed E-state index contributed by atoms with van der Waals surface area (Å²) < 4.78 is 26.1. The molecule has 1 aromatic carbocycles. The molecule has 1 fully saturated rings. The van der Waals surface area contributed by atoms with Gasteiger partial charge in [-0.1, -0.05) is 19.3 Å². The number of nitrogens with one attached hydrogen (secondary N) is 1. The quantitative estimate of drug-likeness (QED) is 0.880. The van der Waals surface area contributed by atoms with Crippen LogP contribution in [0.5, 0.6) is 0 Å². The first-order valence-corrected chi connectivity index (χ1v) is 6.07. The lowest BCUT2D eigenvalue weighted by Crippen LogP contribution is -2.52. The molecule has 3 N–H and O–H groups in total. The van der Waals surface area contributed by atoms with Crippen LogP contribution >= 0.6 is 12.4 Å². The number of halogens is 3. The molecule has 1 amide bonds. The molecular weight excluding hydrogens is 274 g/mol. The summed E-state index contributed by atoms with van der Waals surface area (Å²) in [6.45, 7) is 0. The van der Waals surface area contributed by atoms with Gasteiger partial charge in [-0.05, 0) is 25.0 Å². The second kappa shape index (κ2) is 6.30. The van der Waals surface area contributed by atoms with Crippen LogP contribution in [0, 0.1) is 11.6 Å². The van der Waals surface area contributed by atoms with E-state index in [0.29, 0.717) is 12.8 Å². The molecule has 106 valence electrons. The van der Waals surface area contributed by atoms with Crippen molar-refractivity contribution in [3.63, 3.8) is 0 Å². The highest BCUT2D eigenvalue weighted by molar-refractivity contribution is 5.98. The summed E-state index contributed by atoms with van der Waals surface area (Å²) in [5.74, 6) is -1.86. The van der Waals surface area contributed by atoms with Gasteiger partial charge in [0.1, 0.15) is 11.6 Å². The summed E-state index contributed by atoms with van der Waals surface area (Å²) in [4.78, 5) is 12.0. The molecule has 0 saturated heterocycles. The zero-order valence-electron chi connectivity index (χ0n) is 10.4. The Bertz CT molecular complexity index is 462. The summed E-state index contributed by atoms with van der Waals surface area (Å²) in [5, 5.41) is 2.44. The van der Waals surface area contributed by atoms with Crippen LogP contribution in [0.25, 0.3) is 0 Å². The number of amides is 1. The Kier molecular flexibility index (Phi) is 5.26. The van der Waals surface area contributed by atoms with Crippen LogP contribution in [0.3, 0.4) is 0 Å². The third kappa shape index (κ3) is 3.64. The van der Waals surface area contributed by atoms with Crippen molar-refractivity contribution in [3.8, 4) is 0 Å². The Labute approximate surface area is 117 Å². The maximum Gasteiger partial charge on any atom is 0.244 e. The van der Waals surface area contributed by atoms with Gasteiger partial charge in [0.2, 0.25) is 5.91 Å². The Balaban J connectivity index is 0.00000180. The maximum absolute atomic E-state index is 13.4. The molecule has 0 aromatic heterocycles. The van der Waals surface area contributed by atoms with E-state index >= 15 is 0 Å². The summed E-state index contributed by atoms with van der Waals surface area (Å²) in [6.07, 6.45) is 4.06. The van der Waals surface area contributed by atoms with Gasteiger partial charge in [-0.2, -0.15) is 0 Å². The maximum atomic E-state index is 13.4. The topological polar surface area (TPSA) is 55.1 Å². The summed E-state index contributed by atoms with van der Waals surface area (Å²) in [5.41, 5.74) is 5.06. The molecule has 1 aromatic rings. The van der Waals surface area contributed by atoms with Crippen molar-refractivity contribution in [2.45, 2.75) is 37.6 Å². The minimum atomic E-state index is -0.931. The van der Waals surface area contributed by atoms with Crippen LogP contribution in [0.4, 0.5) is 14.5 Å². The third-order valence-electron chi connectivity index (χ3n) is 3.38. The van der Waals surface area contributed by atoms with Crippen molar-refractivity contribution in [2.75, 3.05) is 5.32 Å². The monoisotopic (exact) mass is 290 g/mol. The van der Waals surface area contributed by atoms with Crippen LogP contribution < -0.4 is 11.1 Å². The van der Waals surface area contributed by atoms with E-state index in [1.165, 1.54) is 6.07 Å². The SMILES string of the molecule is Cl.NC1(C(=O)Nc2ccc(F)cc2F)CCCCC1. The van der Waals surface area contributed by atoms with E-state index in [1.54, 1.807) is 0 Å². The van der Waals surface area contributed by atoms with Crippen molar-refractivity contribution in [3.05, 3.63) is 29.8 Å². The van der Waals surface area contributed by atoms with Crippen molar-refractivity contribution >= 4 is 24.0 Å². The largest absolute Gasteiger partial charge is 0.322 e. The van der Waals surface area contributed by atoms with Crippen LogP contribution in [0.2, 0.25) is 0 Å². The van der Waals surface area contributed by atoms with E-state index in [0.717, 1.165) is 31.4 Å². The zero-order chi connectivity index (χ0) is 13.2. The average molecular weight is 291 g/mol. The number of rotatable bonds is 2. The molecule has 0 bridgehead atoms. The zero-order valence-corrected chi connectivity index (χ0v) is 11.2. The predicted octanol–water partition coefficient (Wildman–Crippen LogP) is 2.99. The third-order valence-corrected chi connectivity index (χ3v) is 3.38. The fourth-order valence-corrected chi connectivity index (χ4v) is 2.25. The molecule has 19 heavy (non-hydrogen) atoms. The standard InChI is InChI=1S/C13H16F2N2O.ClH/c14-9-4-5-11(10(15)8-9)17-12(18)13(16)6-2-1-3-7-13;/h4-5,8H,1-3,6-7,16H2,(H,17,18);1H. The Morgan fingerprint density at radius 3 is 2.42 bits per heavy atom. The van der Waals surface area contributed by atoms with Crippen molar-refractivity contribution in [1.82, 2.24) is 0 Å². The van der Waals surface area contributed by atoms with E-state index in [-0.39, 0.29) is 18.1 Å². The lowest BCUT2D eigenvalue weighted by atomic mass is 9.82. The van der Waals surface area contributed by atoms with Gasteiger partial charge in [0.15, 0.2) is 0 Å². The number of hydrogen-bond donors (Lipinski definition) is 2. The minimum absolute atomic E-state index is 0. The summed E-state index contributed by atoms with van der Waals surface area (Å²) in [6, 6.07) is 3.04. The molecular formula is C13H17ClF2N2O. The van der Waals surface area contributed by atoms with Crippen LogP contribution in [-0.4, -0.2) is 11.4 Å². The van der Waals surface area contributed by atoms with Crippen molar-refractivity contribution < 1.29 is 13.6 Å². The molecule has 0 heterocycles. The first-order valence-electron chi connectivity index (χ1n) is 6.07. The minimum Gasteiger partial charge on any atom is -0.322 e. The van der Waals surface area contributed by atoms with E-state index in [9.17, 15) is 13.6 Å². The molecule has 6 heteroatoms. The van der Waals surface area contributed by atoms with Gasteiger partial charge in [-0.25, -0.2) is 8.78 Å². The van der Waals surface area contributed by atoms with E-state index in [4.69, 9.17) is 5.73 Å². The second-order valence-electron chi connectivity index (χ2n) is 4.80. The highest BCUT2D eigenvalue weighted by Crippen LogP contribution is 2.27. The van der Waals surface area contributed by atoms with Gasteiger partial charge in [-0.3, -0.25) is 4.79 Å². The fourth-order valence-electron chi connectivity index (χ4n) is 2.25. The molecule has 1 aliphatic carbocycles. The normalized spacial score (nSPS) is 17.4. The van der Waals surface area contributed by atoms with Crippen molar-refractivity contribution in [2.24, 2.45) is 5.73 Å². The van der Waals surface area contributed by atoms with E-state index < -0.39 is 23.1 Å². The number of nitrogens with two attached hydrogens (primary N) is 1. The number of carbonyl (C=O) groups is 1. The van der Waals surface area contributed by atoms with Gasteiger partial charge in [0.25, 0.3) is 0 Å². The van der Waals surface area contributed by atoms with Gasteiger partial charge >= 0.3 is 0 Å². The smallest absolute Gasteiger partial charge is 0.244 e. The number of benzene rings is 1. The fraction of sp³-hybridized carbons (Fsp3) is 0.462. The Morgan fingerprint density at radius 1 is 1.21 bits per heavy atom. The second-order valence-corrected chi connectivity index (χ2v) is 4.80. The molecule has 0 aliphatic heterocycles. The number of anilines is 1. The lowest BCUT2D eigenvalue weighted by molar-refractivity contribution is -0.122. The molecule has 3 nitrogen and oxygen atoms in total. The lowest BCUT2D eigenvalue weighted by Gasteiger charge is -2.31. The molecule has 0 spiro atoms. The summed E-state index contributed by atoms with van der Waals surface area (Å²) >= 11 is 0. The molecule has 1 aliphatic rings. The number of hydrogen-bond acceptors (Lipinski definition) is 2. The van der Waals surface area contributed by atoms with Crippen molar-refractivity contribution in [1.29, 1.82) is 0 Å². The summed E-state index contributed by atoms with van der Waals surface area (Å²) in [7, 11) is 0. The van der Waals surface area contributed by atoms with E-state index in [1.807, 2.05) is 0 Å². The predicted molar refractivity (Wildman–Crippen MR) is 72.2 cm³/mol. The van der Waals surface area contributed by atoms with Crippen LogP contribution in [-0.2, 0) is 4.79 Å². The average Bonchev–Trinajstić information content (AvgIpc) is 2.33. The van der Waals surface area contributed by atoms with Gasteiger partial charge in [-0.15, -0.1) is 12.4 Å². The Morgan fingerprint density at radius 2 is 1.84 bits per heavy atom. The highest BCUT2D eigenvalue weighted by atomic mass is 35.5. The first kappa shape index (κ1) is 15.9. The first-order chi connectivity index (χ1) is 8.51. The molecule has 0 atom stereocenters. The van der Waals surface area contributed by atoms with Crippen LogP contribution in [0.15, 0.2) is 18.2 Å². The Hall–Kier alpha value is -1.20. The van der Waals surface area contributed by atoms with Gasteiger partial charge in [0.05, 0.1) is 11.2 Å². The molecule has 1 saturated carbocycles. The van der Waals surface area contributed by atoms with Gasteiger partial charge < -0.3 is 11.1 Å². The highest BCUT2D eigenvalue weighted by Gasteiger charge is 2.35.